The van der Waals surface area contributed by atoms with Gasteiger partial charge in [-0.1, -0.05) is 6.92 Å². The van der Waals surface area contributed by atoms with Crippen molar-refractivity contribution in [2.75, 3.05) is 31.1 Å². The summed E-state index contributed by atoms with van der Waals surface area (Å²) in [5.41, 5.74) is 1.08. The molecular weight excluding hydrogens is 272 g/mol. The summed E-state index contributed by atoms with van der Waals surface area (Å²) in [6.07, 6.45) is 5.64. The van der Waals surface area contributed by atoms with Gasteiger partial charge in [0, 0.05) is 38.0 Å². The van der Waals surface area contributed by atoms with Crippen molar-refractivity contribution in [2.24, 2.45) is 0 Å². The fourth-order valence-corrected chi connectivity index (χ4v) is 3.16. The van der Waals surface area contributed by atoms with Crippen molar-refractivity contribution in [1.29, 1.82) is 0 Å². The molecule has 0 saturated carbocycles. The van der Waals surface area contributed by atoms with Crippen LogP contribution in [0.25, 0.3) is 0 Å². The smallest absolute Gasteiger partial charge is 0.314 e. The fraction of sp³-hybridized carbons (Fsp3) is 0.714. The van der Waals surface area contributed by atoms with Gasteiger partial charge in [0.2, 0.25) is 0 Å². The molecule has 2 rings (SSSR count). The first-order chi connectivity index (χ1) is 9.79. The monoisotopic (exact) mass is 296 g/mol. The predicted molar refractivity (Wildman–Crippen MR) is 83.6 cm³/mol. The summed E-state index contributed by atoms with van der Waals surface area (Å²) in [5, 5.41) is 8.90. The average Bonchev–Trinajstić information content (AvgIpc) is 2.95. The maximum absolute atomic E-state index is 11.4. The van der Waals surface area contributed by atoms with E-state index in [4.69, 9.17) is 0 Å². The maximum Gasteiger partial charge on any atom is 0.314 e. The molecule has 1 aromatic heterocycles. The van der Waals surface area contributed by atoms with Gasteiger partial charge in [0.25, 0.3) is 0 Å². The predicted octanol–water partition coefficient (Wildman–Crippen LogP) is 2.39. The first-order valence-electron chi connectivity index (χ1n) is 7.50. The highest BCUT2D eigenvalue weighted by Crippen LogP contribution is 2.23. The summed E-state index contributed by atoms with van der Waals surface area (Å²) in [7, 11) is 0. The zero-order valence-electron chi connectivity index (χ0n) is 12.2. The Hall–Kier alpha value is -1.30. The van der Waals surface area contributed by atoms with E-state index in [9.17, 15) is 4.79 Å². The highest BCUT2D eigenvalue weighted by Gasteiger charge is 2.14. The molecule has 1 aliphatic heterocycles. The van der Waals surface area contributed by atoms with Gasteiger partial charge in [-0.05, 0) is 25.7 Å². The summed E-state index contributed by atoms with van der Waals surface area (Å²) < 4.78 is 0. The number of amides is 2. The second-order valence-corrected chi connectivity index (χ2v) is 5.94. The molecule has 1 aliphatic rings. The Kier molecular flexibility index (Phi) is 6.11. The quantitative estimate of drug-likeness (QED) is 0.847. The molecule has 0 bridgehead atoms. The van der Waals surface area contributed by atoms with Gasteiger partial charge in [-0.3, -0.25) is 0 Å². The van der Waals surface area contributed by atoms with Crippen LogP contribution in [0.2, 0.25) is 0 Å². The molecule has 0 unspecified atom stereocenters. The number of aromatic nitrogens is 1. The molecule has 1 fully saturated rings. The first kappa shape index (κ1) is 15.1. The number of rotatable bonds is 6. The Balaban J connectivity index is 1.71. The number of nitrogens with zero attached hydrogens (tertiary/aromatic N) is 2. The average molecular weight is 296 g/mol. The second kappa shape index (κ2) is 8.09. The number of anilines is 1. The number of hydrogen-bond donors (Lipinski definition) is 2. The van der Waals surface area contributed by atoms with Crippen LogP contribution in [0.4, 0.5) is 9.93 Å². The summed E-state index contributed by atoms with van der Waals surface area (Å²) in [5.74, 6) is 0. The molecule has 2 amide bonds. The van der Waals surface area contributed by atoms with E-state index >= 15 is 0 Å². The lowest BCUT2D eigenvalue weighted by molar-refractivity contribution is 0.241. The zero-order valence-corrected chi connectivity index (χ0v) is 13.0. The topological polar surface area (TPSA) is 57.3 Å². The molecule has 0 aliphatic carbocycles. The van der Waals surface area contributed by atoms with Crippen molar-refractivity contribution in [3.05, 3.63) is 11.1 Å². The van der Waals surface area contributed by atoms with Crippen molar-refractivity contribution in [3.63, 3.8) is 0 Å². The molecule has 112 valence electrons. The van der Waals surface area contributed by atoms with Gasteiger partial charge in [0.1, 0.15) is 0 Å². The third-order valence-electron chi connectivity index (χ3n) is 3.37. The molecule has 0 spiro atoms. The minimum Gasteiger partial charge on any atom is -0.348 e. The van der Waals surface area contributed by atoms with Crippen LogP contribution in [0, 0.1) is 0 Å². The van der Waals surface area contributed by atoms with Crippen molar-refractivity contribution >= 4 is 22.5 Å². The second-order valence-electron chi connectivity index (χ2n) is 5.10. The number of carbonyl (C=O) groups excluding carboxylic acids is 1. The SMILES string of the molecule is CCCNC(=O)NCCc1csc(N2CCCCC2)n1. The van der Waals surface area contributed by atoms with Gasteiger partial charge in [0.05, 0.1) is 5.69 Å². The molecule has 6 heteroatoms. The van der Waals surface area contributed by atoms with Crippen molar-refractivity contribution in [3.8, 4) is 0 Å². The number of carbonyl (C=O) groups is 1. The van der Waals surface area contributed by atoms with Gasteiger partial charge >= 0.3 is 6.03 Å². The summed E-state index contributed by atoms with van der Waals surface area (Å²) in [4.78, 5) is 18.4. The molecule has 0 radical (unpaired) electrons. The van der Waals surface area contributed by atoms with Crippen LogP contribution in [0.1, 0.15) is 38.3 Å². The number of nitrogens with one attached hydrogen (secondary N) is 2. The Morgan fingerprint density at radius 1 is 1.30 bits per heavy atom. The Bertz CT molecular complexity index is 415. The Labute approximate surface area is 124 Å². The zero-order chi connectivity index (χ0) is 14.2. The van der Waals surface area contributed by atoms with Crippen molar-refractivity contribution in [2.45, 2.75) is 39.0 Å². The van der Waals surface area contributed by atoms with E-state index in [2.05, 4.69) is 25.9 Å². The van der Waals surface area contributed by atoms with Gasteiger partial charge in [-0.15, -0.1) is 11.3 Å². The minimum atomic E-state index is -0.0849. The van der Waals surface area contributed by atoms with Gasteiger partial charge in [-0.25, -0.2) is 9.78 Å². The van der Waals surface area contributed by atoms with Crippen molar-refractivity contribution in [1.82, 2.24) is 15.6 Å². The maximum atomic E-state index is 11.4. The third-order valence-corrected chi connectivity index (χ3v) is 4.32. The third kappa shape index (κ3) is 4.67. The first-order valence-corrected chi connectivity index (χ1v) is 8.38. The largest absolute Gasteiger partial charge is 0.348 e. The van der Waals surface area contributed by atoms with Crippen LogP contribution in [0.3, 0.4) is 0 Å². The number of thiazole rings is 1. The van der Waals surface area contributed by atoms with E-state index in [-0.39, 0.29) is 6.03 Å². The summed E-state index contributed by atoms with van der Waals surface area (Å²) >= 11 is 1.72. The van der Waals surface area contributed by atoms with E-state index in [0.29, 0.717) is 6.54 Å². The minimum absolute atomic E-state index is 0.0849. The van der Waals surface area contributed by atoms with E-state index in [1.165, 1.54) is 19.3 Å². The standard InChI is InChI=1S/C14H24N4OS/c1-2-7-15-13(19)16-8-6-12-11-20-14(17-12)18-9-4-3-5-10-18/h11H,2-10H2,1H3,(H2,15,16,19). The van der Waals surface area contributed by atoms with E-state index in [1.54, 1.807) is 11.3 Å². The number of hydrogen-bond acceptors (Lipinski definition) is 4. The lowest BCUT2D eigenvalue weighted by Gasteiger charge is -2.25. The van der Waals surface area contributed by atoms with Crippen LogP contribution in [-0.2, 0) is 6.42 Å². The van der Waals surface area contributed by atoms with Crippen LogP contribution in [-0.4, -0.2) is 37.2 Å². The molecular formula is C14H24N4OS. The number of piperidine rings is 1. The molecule has 1 saturated heterocycles. The van der Waals surface area contributed by atoms with Crippen LogP contribution >= 0.6 is 11.3 Å². The highest BCUT2D eigenvalue weighted by atomic mass is 32.1. The fourth-order valence-electron chi connectivity index (χ4n) is 2.25. The molecule has 2 heterocycles. The lowest BCUT2D eigenvalue weighted by atomic mass is 10.1. The molecule has 20 heavy (non-hydrogen) atoms. The normalized spacial score (nSPS) is 15.2. The summed E-state index contributed by atoms with van der Waals surface area (Å²) in [6, 6.07) is -0.0849. The summed E-state index contributed by atoms with van der Waals surface area (Å²) in [6.45, 7) is 5.66. The molecule has 2 N–H and O–H groups in total. The van der Waals surface area contributed by atoms with Crippen molar-refractivity contribution < 1.29 is 4.79 Å². The molecule has 0 atom stereocenters. The van der Waals surface area contributed by atoms with E-state index in [0.717, 1.165) is 43.3 Å². The van der Waals surface area contributed by atoms with Crippen LogP contribution < -0.4 is 15.5 Å². The van der Waals surface area contributed by atoms with Crippen LogP contribution in [0.5, 0.6) is 0 Å². The van der Waals surface area contributed by atoms with Gasteiger partial charge in [0.15, 0.2) is 5.13 Å². The lowest BCUT2D eigenvalue weighted by Crippen LogP contribution is -2.36. The molecule has 0 aromatic carbocycles. The van der Waals surface area contributed by atoms with Crippen LogP contribution in [0.15, 0.2) is 5.38 Å². The van der Waals surface area contributed by atoms with Gasteiger partial charge < -0.3 is 15.5 Å². The highest BCUT2D eigenvalue weighted by molar-refractivity contribution is 7.13. The Morgan fingerprint density at radius 3 is 2.80 bits per heavy atom. The van der Waals surface area contributed by atoms with E-state index in [1.807, 2.05) is 6.92 Å². The molecule has 5 nitrogen and oxygen atoms in total. The van der Waals surface area contributed by atoms with Gasteiger partial charge in [-0.2, -0.15) is 0 Å². The Morgan fingerprint density at radius 2 is 2.05 bits per heavy atom. The van der Waals surface area contributed by atoms with E-state index < -0.39 is 0 Å². The number of urea groups is 1. The molecule has 1 aromatic rings.